The van der Waals surface area contributed by atoms with Gasteiger partial charge in [0.05, 0.1) is 10.6 Å². The Morgan fingerprint density at radius 3 is 2.82 bits per heavy atom. The maximum atomic E-state index is 12.1. The first-order valence-electron chi connectivity index (χ1n) is 7.90. The summed E-state index contributed by atoms with van der Waals surface area (Å²) < 4.78 is 0. The van der Waals surface area contributed by atoms with Gasteiger partial charge in [-0.25, -0.2) is 0 Å². The lowest BCUT2D eigenvalue weighted by atomic mass is 9.73. The van der Waals surface area contributed by atoms with E-state index in [0.29, 0.717) is 18.4 Å². The summed E-state index contributed by atoms with van der Waals surface area (Å²) in [5.41, 5.74) is 8.31. The fourth-order valence-electron chi connectivity index (χ4n) is 3.85. The van der Waals surface area contributed by atoms with Crippen molar-refractivity contribution in [2.75, 3.05) is 5.32 Å². The van der Waals surface area contributed by atoms with Gasteiger partial charge in [0.25, 0.3) is 0 Å². The van der Waals surface area contributed by atoms with Gasteiger partial charge < -0.3 is 11.1 Å². The number of aromatic amines is 1. The topological polar surface area (TPSA) is 83.8 Å². The number of anilines is 1. The molecule has 1 aliphatic heterocycles. The Bertz CT molecular complexity index is 670. The van der Waals surface area contributed by atoms with Crippen LogP contribution in [-0.2, 0) is 4.79 Å². The molecule has 4 N–H and O–H groups in total. The van der Waals surface area contributed by atoms with Crippen molar-refractivity contribution < 1.29 is 4.79 Å². The maximum absolute atomic E-state index is 12.1. The van der Waals surface area contributed by atoms with Gasteiger partial charge in [-0.2, -0.15) is 5.10 Å². The number of aromatic nitrogens is 2. The molecule has 0 aromatic carbocycles. The highest BCUT2D eigenvalue weighted by molar-refractivity contribution is 7.13. The van der Waals surface area contributed by atoms with Crippen LogP contribution in [0, 0.1) is 5.92 Å². The van der Waals surface area contributed by atoms with Crippen molar-refractivity contribution in [1.29, 1.82) is 0 Å². The third-order valence-electron chi connectivity index (χ3n) is 4.99. The maximum Gasteiger partial charge on any atom is 0.226 e. The van der Waals surface area contributed by atoms with Crippen LogP contribution in [0.1, 0.15) is 43.6 Å². The number of nitrogens with two attached hydrogens (primary N) is 1. The summed E-state index contributed by atoms with van der Waals surface area (Å²) in [6, 6.07) is 4.47. The van der Waals surface area contributed by atoms with Crippen molar-refractivity contribution >= 4 is 23.1 Å². The van der Waals surface area contributed by atoms with Crippen LogP contribution in [-0.4, -0.2) is 22.1 Å². The van der Waals surface area contributed by atoms with Crippen LogP contribution in [0.25, 0.3) is 10.6 Å². The highest BCUT2D eigenvalue weighted by Crippen LogP contribution is 2.46. The normalized spacial score (nSPS) is 28.2. The Hall–Kier alpha value is -1.66. The van der Waals surface area contributed by atoms with E-state index in [-0.39, 0.29) is 11.8 Å². The molecule has 2 aromatic rings. The third-order valence-corrected chi connectivity index (χ3v) is 5.88. The Kier molecular flexibility index (Phi) is 3.50. The lowest BCUT2D eigenvalue weighted by Crippen LogP contribution is -2.32. The lowest BCUT2D eigenvalue weighted by molar-refractivity contribution is -0.117. The van der Waals surface area contributed by atoms with Crippen LogP contribution in [0.15, 0.2) is 17.5 Å². The molecule has 2 aliphatic rings. The molecule has 0 spiro atoms. The summed E-state index contributed by atoms with van der Waals surface area (Å²) in [6.07, 6.45) is 4.89. The lowest BCUT2D eigenvalue weighted by Gasteiger charge is -2.34. The zero-order chi connectivity index (χ0) is 15.1. The minimum Gasteiger partial charge on any atom is -0.328 e. The van der Waals surface area contributed by atoms with Crippen LogP contribution in [0.2, 0.25) is 0 Å². The van der Waals surface area contributed by atoms with E-state index in [1.165, 1.54) is 10.4 Å². The van der Waals surface area contributed by atoms with Gasteiger partial charge in [0.1, 0.15) is 0 Å². The molecule has 1 saturated carbocycles. The van der Waals surface area contributed by atoms with Crippen molar-refractivity contribution in [3.8, 4) is 10.6 Å². The second-order valence-corrected chi connectivity index (χ2v) is 7.32. The van der Waals surface area contributed by atoms with E-state index in [0.717, 1.165) is 37.2 Å². The summed E-state index contributed by atoms with van der Waals surface area (Å²) >= 11 is 1.70. The summed E-state index contributed by atoms with van der Waals surface area (Å²) in [4.78, 5) is 13.2. The van der Waals surface area contributed by atoms with Crippen LogP contribution in [0.4, 0.5) is 5.82 Å². The zero-order valence-corrected chi connectivity index (χ0v) is 13.2. The predicted octanol–water partition coefficient (Wildman–Crippen LogP) is 3.08. The van der Waals surface area contributed by atoms with Crippen molar-refractivity contribution in [2.24, 2.45) is 11.7 Å². The standard InChI is InChI=1S/C16H20N4OS/c17-10-5-3-9(4-6-10)11-8-13(21)18-16-14(11)15(19-20-16)12-2-1-7-22-12/h1-2,7,9-11H,3-6,8,17H2,(H2,18,19,20,21)/t9?,10?,11-/m0/s1. The molecular formula is C16H20N4OS. The first-order chi connectivity index (χ1) is 10.7. The molecule has 22 heavy (non-hydrogen) atoms. The van der Waals surface area contributed by atoms with Crippen LogP contribution >= 0.6 is 11.3 Å². The molecular weight excluding hydrogens is 296 g/mol. The first kappa shape index (κ1) is 14.0. The number of fused-ring (bicyclic) bond motifs is 1. The summed E-state index contributed by atoms with van der Waals surface area (Å²) in [7, 11) is 0. The molecule has 116 valence electrons. The molecule has 2 aromatic heterocycles. The molecule has 0 bridgehead atoms. The zero-order valence-electron chi connectivity index (χ0n) is 12.3. The molecule has 6 heteroatoms. The van der Waals surface area contributed by atoms with Gasteiger partial charge in [-0.1, -0.05) is 6.07 Å². The Balaban J connectivity index is 1.72. The van der Waals surface area contributed by atoms with Gasteiger partial charge in [0.15, 0.2) is 5.82 Å². The monoisotopic (exact) mass is 316 g/mol. The highest BCUT2D eigenvalue weighted by Gasteiger charge is 2.37. The first-order valence-corrected chi connectivity index (χ1v) is 8.78. The van der Waals surface area contributed by atoms with Crippen molar-refractivity contribution in [2.45, 2.75) is 44.1 Å². The van der Waals surface area contributed by atoms with Gasteiger partial charge in [-0.3, -0.25) is 9.89 Å². The summed E-state index contributed by atoms with van der Waals surface area (Å²) in [6.45, 7) is 0. The Morgan fingerprint density at radius 2 is 2.09 bits per heavy atom. The number of rotatable bonds is 2. The Labute approximate surface area is 133 Å². The number of hydrogen-bond donors (Lipinski definition) is 3. The van der Waals surface area contributed by atoms with E-state index in [2.05, 4.69) is 27.0 Å². The van der Waals surface area contributed by atoms with Crippen LogP contribution in [0.5, 0.6) is 0 Å². The van der Waals surface area contributed by atoms with E-state index in [1.807, 2.05) is 6.07 Å². The average Bonchev–Trinajstić information content (AvgIpc) is 3.15. The summed E-state index contributed by atoms with van der Waals surface area (Å²) in [5.74, 6) is 1.59. The predicted molar refractivity (Wildman–Crippen MR) is 87.8 cm³/mol. The number of carbonyl (C=O) groups excluding carboxylic acids is 1. The fraction of sp³-hybridized carbons (Fsp3) is 0.500. The number of amides is 1. The minimum absolute atomic E-state index is 0.0802. The van der Waals surface area contributed by atoms with E-state index in [1.54, 1.807) is 11.3 Å². The van der Waals surface area contributed by atoms with Crippen LogP contribution in [0.3, 0.4) is 0 Å². The van der Waals surface area contributed by atoms with E-state index >= 15 is 0 Å². The second-order valence-electron chi connectivity index (χ2n) is 6.37. The second kappa shape index (κ2) is 5.52. The molecule has 0 unspecified atom stereocenters. The molecule has 1 atom stereocenters. The quantitative estimate of drug-likeness (QED) is 0.796. The third kappa shape index (κ3) is 2.36. The van der Waals surface area contributed by atoms with Crippen molar-refractivity contribution in [1.82, 2.24) is 10.2 Å². The Morgan fingerprint density at radius 1 is 1.27 bits per heavy atom. The highest BCUT2D eigenvalue weighted by atomic mass is 32.1. The molecule has 0 radical (unpaired) electrons. The molecule has 3 heterocycles. The van der Waals surface area contributed by atoms with Crippen LogP contribution < -0.4 is 11.1 Å². The van der Waals surface area contributed by atoms with Gasteiger partial charge in [0, 0.05) is 23.9 Å². The van der Waals surface area contributed by atoms with E-state index in [4.69, 9.17) is 5.73 Å². The van der Waals surface area contributed by atoms with Gasteiger partial charge >= 0.3 is 0 Å². The van der Waals surface area contributed by atoms with E-state index < -0.39 is 0 Å². The van der Waals surface area contributed by atoms with Gasteiger partial charge in [-0.05, 0) is 43.0 Å². The number of H-pyrrole nitrogens is 1. The molecule has 1 aliphatic carbocycles. The number of nitrogens with one attached hydrogen (secondary N) is 2. The summed E-state index contributed by atoms with van der Waals surface area (Å²) in [5, 5.41) is 12.5. The van der Waals surface area contributed by atoms with E-state index in [9.17, 15) is 4.79 Å². The average molecular weight is 316 g/mol. The minimum atomic E-state index is 0.0802. The fourth-order valence-corrected chi connectivity index (χ4v) is 4.58. The number of hydrogen-bond acceptors (Lipinski definition) is 4. The van der Waals surface area contributed by atoms with Gasteiger partial charge in [-0.15, -0.1) is 11.3 Å². The molecule has 1 amide bonds. The smallest absolute Gasteiger partial charge is 0.226 e. The van der Waals surface area contributed by atoms with Gasteiger partial charge in [0.2, 0.25) is 5.91 Å². The van der Waals surface area contributed by atoms with Crippen molar-refractivity contribution in [3.63, 3.8) is 0 Å². The number of nitrogens with zero attached hydrogens (tertiary/aromatic N) is 1. The number of carbonyl (C=O) groups is 1. The van der Waals surface area contributed by atoms with Crippen molar-refractivity contribution in [3.05, 3.63) is 23.1 Å². The molecule has 1 fully saturated rings. The molecule has 4 rings (SSSR count). The molecule has 0 saturated heterocycles. The largest absolute Gasteiger partial charge is 0.328 e. The SMILES string of the molecule is NC1CCC([C@@H]2CC(=O)Nc3n[nH]c(-c4cccs4)c32)CC1. The molecule has 5 nitrogen and oxygen atoms in total. The number of thiophene rings is 1.